The molecule has 0 unspecified atom stereocenters. The van der Waals surface area contributed by atoms with Gasteiger partial charge >= 0.3 is 0 Å². The van der Waals surface area contributed by atoms with Gasteiger partial charge in [0.05, 0.1) is 0 Å². The van der Waals surface area contributed by atoms with Crippen molar-refractivity contribution in [2.24, 2.45) is 0 Å². The summed E-state index contributed by atoms with van der Waals surface area (Å²) in [5.41, 5.74) is 5.36. The third-order valence-corrected chi connectivity index (χ3v) is 2.90. The van der Waals surface area contributed by atoms with Gasteiger partial charge in [0.15, 0.2) is 0 Å². The van der Waals surface area contributed by atoms with Gasteiger partial charge in [-0.25, -0.2) is 9.37 Å². The number of hydrogen-bond donors (Lipinski definition) is 1. The third kappa shape index (κ3) is 2.37. The van der Waals surface area contributed by atoms with Gasteiger partial charge in [0.1, 0.15) is 11.5 Å². The fraction of sp³-hybridized carbons (Fsp3) is 0.545. The summed E-state index contributed by atoms with van der Waals surface area (Å²) in [6.45, 7) is 3.09. The zero-order chi connectivity index (χ0) is 10.9. The van der Waals surface area contributed by atoms with Crippen LogP contribution in [0, 0.1) is 0 Å². The maximum atomic E-state index is 13.6. The summed E-state index contributed by atoms with van der Waals surface area (Å²) in [6.07, 6.45) is 2.81. The number of nitrogens with two attached hydrogens (primary N) is 1. The lowest BCUT2D eigenvalue weighted by molar-refractivity contribution is 0.149. The van der Waals surface area contributed by atoms with Crippen molar-refractivity contribution >= 4 is 11.5 Å². The highest BCUT2D eigenvalue weighted by molar-refractivity contribution is 5.50. The maximum Gasteiger partial charge on any atom is 0.130 e. The summed E-state index contributed by atoms with van der Waals surface area (Å²) < 4.78 is 13.6. The van der Waals surface area contributed by atoms with Crippen LogP contribution in [0.15, 0.2) is 18.3 Å². The van der Waals surface area contributed by atoms with Gasteiger partial charge in [-0.3, -0.25) is 0 Å². The van der Waals surface area contributed by atoms with Crippen LogP contribution in [0.2, 0.25) is 0 Å². The largest absolute Gasteiger partial charge is 0.399 e. The number of alkyl halides is 1. The first-order valence-corrected chi connectivity index (χ1v) is 5.22. The Morgan fingerprint density at radius 2 is 2.13 bits per heavy atom. The molecule has 15 heavy (non-hydrogen) atoms. The number of nitrogen functional groups attached to an aromatic ring is 1. The molecule has 2 N–H and O–H groups in total. The Labute approximate surface area is 89.1 Å². The summed E-state index contributed by atoms with van der Waals surface area (Å²) in [7, 11) is 0. The van der Waals surface area contributed by atoms with Gasteiger partial charge in [-0.1, -0.05) is 0 Å². The molecule has 4 heteroatoms. The van der Waals surface area contributed by atoms with Gasteiger partial charge in [0, 0.05) is 31.0 Å². The fourth-order valence-corrected chi connectivity index (χ4v) is 1.81. The third-order valence-electron chi connectivity index (χ3n) is 2.90. The Morgan fingerprint density at radius 3 is 2.73 bits per heavy atom. The normalized spacial score (nSPS) is 20.3. The molecule has 0 bridgehead atoms. The van der Waals surface area contributed by atoms with E-state index < -0.39 is 5.67 Å². The van der Waals surface area contributed by atoms with Crippen molar-refractivity contribution in [2.45, 2.75) is 25.4 Å². The zero-order valence-electron chi connectivity index (χ0n) is 8.91. The Hall–Kier alpha value is -1.32. The summed E-state index contributed by atoms with van der Waals surface area (Å²) in [6, 6.07) is 3.59. The highest BCUT2D eigenvalue weighted by Gasteiger charge is 2.29. The van der Waals surface area contributed by atoms with E-state index in [9.17, 15) is 4.39 Å². The van der Waals surface area contributed by atoms with Crippen molar-refractivity contribution in [3.05, 3.63) is 18.3 Å². The number of pyridine rings is 1. The van der Waals surface area contributed by atoms with Crippen LogP contribution >= 0.6 is 0 Å². The predicted octanol–water partition coefficient (Wildman–Crippen LogP) is 1.99. The van der Waals surface area contributed by atoms with Crippen molar-refractivity contribution < 1.29 is 4.39 Å². The van der Waals surface area contributed by atoms with Crippen molar-refractivity contribution in [3.63, 3.8) is 0 Å². The molecule has 1 fully saturated rings. The van der Waals surface area contributed by atoms with Crippen LogP contribution in [0.4, 0.5) is 15.9 Å². The van der Waals surface area contributed by atoms with Crippen molar-refractivity contribution in [1.82, 2.24) is 4.98 Å². The first kappa shape index (κ1) is 10.2. The van der Waals surface area contributed by atoms with E-state index >= 15 is 0 Å². The minimum atomic E-state index is -1.02. The molecule has 1 aromatic rings. The van der Waals surface area contributed by atoms with Crippen LogP contribution in [0.25, 0.3) is 0 Å². The Kier molecular flexibility index (Phi) is 2.50. The van der Waals surface area contributed by atoms with Crippen molar-refractivity contribution in [2.75, 3.05) is 23.7 Å². The molecule has 0 saturated carbocycles. The summed E-state index contributed by atoms with van der Waals surface area (Å²) >= 11 is 0. The van der Waals surface area contributed by atoms with Crippen LogP contribution in [0.3, 0.4) is 0 Å². The second-order valence-corrected chi connectivity index (χ2v) is 4.35. The highest BCUT2D eigenvalue weighted by atomic mass is 19.1. The minimum absolute atomic E-state index is 0.559. The molecule has 2 heterocycles. The smallest absolute Gasteiger partial charge is 0.130 e. The first-order valence-electron chi connectivity index (χ1n) is 5.22. The Bertz CT molecular complexity index is 341. The molecule has 3 nitrogen and oxygen atoms in total. The van der Waals surface area contributed by atoms with E-state index in [1.807, 2.05) is 6.07 Å². The molecule has 0 aliphatic carbocycles. The molecule has 0 radical (unpaired) electrons. The second kappa shape index (κ2) is 3.68. The summed E-state index contributed by atoms with van der Waals surface area (Å²) in [5, 5.41) is 0. The molecule has 1 aliphatic rings. The lowest BCUT2D eigenvalue weighted by Gasteiger charge is -2.34. The summed E-state index contributed by atoms with van der Waals surface area (Å²) in [4.78, 5) is 6.32. The second-order valence-electron chi connectivity index (χ2n) is 4.35. The molecular weight excluding hydrogens is 193 g/mol. The number of halogens is 1. The number of rotatable bonds is 1. The van der Waals surface area contributed by atoms with E-state index in [1.54, 1.807) is 19.2 Å². The molecule has 2 rings (SSSR count). The lowest BCUT2D eigenvalue weighted by atomic mass is 9.96. The minimum Gasteiger partial charge on any atom is -0.399 e. The molecular formula is C11H16FN3. The molecule has 1 aliphatic heterocycles. The van der Waals surface area contributed by atoms with Gasteiger partial charge in [0.25, 0.3) is 0 Å². The van der Waals surface area contributed by atoms with Crippen LogP contribution < -0.4 is 10.6 Å². The molecule has 1 saturated heterocycles. The number of anilines is 2. The van der Waals surface area contributed by atoms with Crippen LogP contribution in [-0.2, 0) is 0 Å². The van der Waals surface area contributed by atoms with Gasteiger partial charge < -0.3 is 10.6 Å². The summed E-state index contributed by atoms with van der Waals surface area (Å²) in [5.74, 6) is 0.852. The molecule has 0 aromatic carbocycles. The highest BCUT2D eigenvalue weighted by Crippen LogP contribution is 2.28. The van der Waals surface area contributed by atoms with Crippen LogP contribution in [-0.4, -0.2) is 23.7 Å². The maximum absolute atomic E-state index is 13.6. The van der Waals surface area contributed by atoms with Crippen molar-refractivity contribution in [1.29, 1.82) is 0 Å². The zero-order valence-corrected chi connectivity index (χ0v) is 8.91. The van der Waals surface area contributed by atoms with Gasteiger partial charge in [-0.05, 0) is 25.8 Å². The predicted molar refractivity (Wildman–Crippen MR) is 59.6 cm³/mol. The number of nitrogens with zero attached hydrogens (tertiary/aromatic N) is 2. The van der Waals surface area contributed by atoms with Gasteiger partial charge in [-0.2, -0.15) is 0 Å². The van der Waals surface area contributed by atoms with Crippen molar-refractivity contribution in [3.8, 4) is 0 Å². The standard InChI is InChI=1S/C11H16FN3/c1-11(12)3-6-15(7-4-11)10-8-9(13)2-5-14-10/h2,5,8H,3-4,6-7H2,1H3,(H2,13,14). The number of hydrogen-bond acceptors (Lipinski definition) is 3. The monoisotopic (exact) mass is 209 g/mol. The topological polar surface area (TPSA) is 42.1 Å². The quantitative estimate of drug-likeness (QED) is 0.769. The van der Waals surface area contributed by atoms with Crippen LogP contribution in [0.1, 0.15) is 19.8 Å². The number of aromatic nitrogens is 1. The molecule has 1 aromatic heterocycles. The van der Waals surface area contributed by atoms with Crippen LogP contribution in [0.5, 0.6) is 0 Å². The fourth-order valence-electron chi connectivity index (χ4n) is 1.81. The molecule has 0 atom stereocenters. The first-order chi connectivity index (χ1) is 7.07. The van der Waals surface area contributed by atoms with E-state index in [0.29, 0.717) is 31.6 Å². The average molecular weight is 209 g/mol. The van der Waals surface area contributed by atoms with Gasteiger partial charge in [0.2, 0.25) is 0 Å². The molecule has 82 valence electrons. The van der Waals surface area contributed by atoms with E-state index in [2.05, 4.69) is 9.88 Å². The molecule has 0 amide bonds. The van der Waals surface area contributed by atoms with Gasteiger partial charge in [-0.15, -0.1) is 0 Å². The number of piperidine rings is 1. The van der Waals surface area contributed by atoms with E-state index in [0.717, 1.165) is 5.82 Å². The Balaban J connectivity index is 2.08. The SMILES string of the molecule is CC1(F)CCN(c2cc(N)ccn2)CC1. The Morgan fingerprint density at radius 1 is 1.47 bits per heavy atom. The lowest BCUT2D eigenvalue weighted by Crippen LogP contribution is -2.40. The van der Waals surface area contributed by atoms with E-state index in [1.165, 1.54) is 0 Å². The van der Waals surface area contributed by atoms with E-state index in [4.69, 9.17) is 5.73 Å². The van der Waals surface area contributed by atoms with E-state index in [-0.39, 0.29) is 0 Å². The molecule has 0 spiro atoms. The average Bonchev–Trinajstić information content (AvgIpc) is 2.17.